The van der Waals surface area contributed by atoms with Crippen molar-refractivity contribution < 1.29 is 9.59 Å². The lowest BCUT2D eigenvalue weighted by Crippen LogP contribution is -2.47. The number of rotatable bonds is 4. The number of hydrogen-bond donors (Lipinski definition) is 3. The van der Waals surface area contributed by atoms with Gasteiger partial charge in [-0.05, 0) is 20.4 Å². The number of carbonyl (C=O) groups is 2. The smallest absolute Gasteiger partial charge is 0.321 e. The quantitative estimate of drug-likeness (QED) is 0.572. The Kier molecular flexibility index (Phi) is 5.88. The fourth-order valence-corrected chi connectivity index (χ4v) is 0.824. The number of hydrogen-bond acceptors (Lipinski definition) is 3. The Morgan fingerprint density at radius 2 is 1.85 bits per heavy atom. The first-order chi connectivity index (χ1) is 6.11. The molecule has 1 unspecified atom stereocenters. The molecule has 0 saturated carbocycles. The van der Waals surface area contributed by atoms with Gasteiger partial charge in [0.1, 0.15) is 0 Å². The Morgan fingerprint density at radius 1 is 1.23 bits per heavy atom. The van der Waals surface area contributed by atoms with E-state index < -0.39 is 6.03 Å². The fraction of sp³-hybridized carbons (Fsp3) is 0.750. The van der Waals surface area contributed by atoms with Gasteiger partial charge in [0.2, 0.25) is 5.91 Å². The van der Waals surface area contributed by atoms with Crippen molar-refractivity contribution >= 4 is 11.9 Å². The zero-order valence-corrected chi connectivity index (χ0v) is 8.31. The average Bonchev–Trinajstić information content (AvgIpc) is 2.05. The maximum absolute atomic E-state index is 11.2. The molecule has 0 rings (SSSR count). The van der Waals surface area contributed by atoms with E-state index in [1.54, 1.807) is 13.8 Å². The van der Waals surface area contributed by atoms with Crippen LogP contribution in [0.25, 0.3) is 0 Å². The van der Waals surface area contributed by atoms with Crippen molar-refractivity contribution in [1.82, 2.24) is 16.0 Å². The van der Waals surface area contributed by atoms with Crippen LogP contribution in [0.15, 0.2) is 0 Å². The van der Waals surface area contributed by atoms with E-state index in [0.29, 0.717) is 13.1 Å². The number of amides is 3. The molecule has 0 spiro atoms. The topological polar surface area (TPSA) is 70.2 Å². The van der Waals surface area contributed by atoms with Crippen molar-refractivity contribution in [3.63, 3.8) is 0 Å². The molecule has 5 heteroatoms. The number of imide groups is 1. The molecule has 76 valence electrons. The summed E-state index contributed by atoms with van der Waals surface area (Å²) in [6.45, 7) is 6.60. The third-order valence-electron chi connectivity index (χ3n) is 1.48. The van der Waals surface area contributed by atoms with Gasteiger partial charge in [0.05, 0.1) is 6.04 Å². The molecule has 0 saturated heterocycles. The van der Waals surface area contributed by atoms with Crippen LogP contribution < -0.4 is 16.0 Å². The van der Waals surface area contributed by atoms with E-state index in [4.69, 9.17) is 0 Å². The molecule has 0 aromatic carbocycles. The van der Waals surface area contributed by atoms with Gasteiger partial charge in [0.15, 0.2) is 0 Å². The molecule has 0 radical (unpaired) electrons. The Hall–Kier alpha value is -1.10. The van der Waals surface area contributed by atoms with Crippen LogP contribution in [-0.2, 0) is 4.79 Å². The molecule has 0 aliphatic heterocycles. The Morgan fingerprint density at radius 3 is 2.31 bits per heavy atom. The first kappa shape index (κ1) is 11.9. The molecular formula is C8H17N3O2. The predicted molar refractivity (Wildman–Crippen MR) is 50.4 cm³/mol. The monoisotopic (exact) mass is 187 g/mol. The highest BCUT2D eigenvalue weighted by atomic mass is 16.2. The average molecular weight is 187 g/mol. The van der Waals surface area contributed by atoms with E-state index in [-0.39, 0.29) is 11.9 Å². The van der Waals surface area contributed by atoms with Crippen LogP contribution in [0.3, 0.4) is 0 Å². The van der Waals surface area contributed by atoms with Crippen LogP contribution in [0.5, 0.6) is 0 Å². The van der Waals surface area contributed by atoms with Crippen LogP contribution in [0, 0.1) is 0 Å². The van der Waals surface area contributed by atoms with Crippen LogP contribution in [0.2, 0.25) is 0 Å². The highest BCUT2D eigenvalue weighted by molar-refractivity contribution is 5.96. The standard InChI is InChI=1S/C8H17N3O2/c1-4-9-6(3)7(12)11-8(13)10-5-2/h6,9H,4-5H2,1-3H3,(H2,10,11,12,13). The van der Waals surface area contributed by atoms with Gasteiger partial charge >= 0.3 is 6.03 Å². The first-order valence-electron chi connectivity index (χ1n) is 4.43. The summed E-state index contributed by atoms with van der Waals surface area (Å²) < 4.78 is 0. The lowest BCUT2D eigenvalue weighted by atomic mass is 10.3. The largest absolute Gasteiger partial charge is 0.338 e. The normalized spacial score (nSPS) is 11.9. The van der Waals surface area contributed by atoms with E-state index in [2.05, 4.69) is 16.0 Å². The van der Waals surface area contributed by atoms with E-state index in [1.807, 2.05) is 6.92 Å². The zero-order valence-electron chi connectivity index (χ0n) is 8.31. The van der Waals surface area contributed by atoms with Gasteiger partial charge in [0, 0.05) is 6.54 Å². The van der Waals surface area contributed by atoms with Gasteiger partial charge in [-0.2, -0.15) is 0 Å². The van der Waals surface area contributed by atoms with Crippen molar-refractivity contribution in [3.05, 3.63) is 0 Å². The second-order valence-electron chi connectivity index (χ2n) is 2.63. The molecule has 0 aliphatic rings. The molecule has 1 atom stereocenters. The second kappa shape index (κ2) is 6.42. The van der Waals surface area contributed by atoms with Crippen LogP contribution in [-0.4, -0.2) is 31.1 Å². The molecule has 0 fully saturated rings. The minimum absolute atomic E-state index is 0.312. The van der Waals surface area contributed by atoms with Crippen molar-refractivity contribution in [1.29, 1.82) is 0 Å². The van der Waals surface area contributed by atoms with E-state index >= 15 is 0 Å². The third kappa shape index (κ3) is 5.19. The summed E-state index contributed by atoms with van der Waals surface area (Å²) in [4.78, 5) is 22.1. The molecule has 5 nitrogen and oxygen atoms in total. The summed E-state index contributed by atoms with van der Waals surface area (Å²) in [6, 6.07) is -0.787. The summed E-state index contributed by atoms with van der Waals surface area (Å²) in [5, 5.41) is 7.59. The van der Waals surface area contributed by atoms with Crippen LogP contribution in [0.4, 0.5) is 4.79 Å². The first-order valence-corrected chi connectivity index (χ1v) is 4.43. The minimum atomic E-state index is -0.447. The number of nitrogens with one attached hydrogen (secondary N) is 3. The van der Waals surface area contributed by atoms with Crippen molar-refractivity contribution in [3.8, 4) is 0 Å². The molecule has 3 N–H and O–H groups in total. The van der Waals surface area contributed by atoms with E-state index in [1.165, 1.54) is 0 Å². The van der Waals surface area contributed by atoms with Crippen LogP contribution >= 0.6 is 0 Å². The molecule has 0 aliphatic carbocycles. The lowest BCUT2D eigenvalue weighted by molar-refractivity contribution is -0.121. The molecule has 0 bridgehead atoms. The molecule has 3 amide bonds. The van der Waals surface area contributed by atoms with E-state index in [0.717, 1.165) is 0 Å². The summed E-state index contributed by atoms with van der Waals surface area (Å²) in [5.74, 6) is -0.312. The SMILES string of the molecule is CCNC(=O)NC(=O)C(C)NCC. The zero-order chi connectivity index (χ0) is 10.3. The van der Waals surface area contributed by atoms with Gasteiger partial charge in [-0.1, -0.05) is 6.92 Å². The molecule has 0 aromatic heterocycles. The minimum Gasteiger partial charge on any atom is -0.338 e. The van der Waals surface area contributed by atoms with Gasteiger partial charge in [-0.15, -0.1) is 0 Å². The fourth-order valence-electron chi connectivity index (χ4n) is 0.824. The number of urea groups is 1. The van der Waals surface area contributed by atoms with Gasteiger partial charge in [0.25, 0.3) is 0 Å². The molecule has 0 heterocycles. The van der Waals surface area contributed by atoms with Gasteiger partial charge < -0.3 is 10.6 Å². The molecular weight excluding hydrogens is 170 g/mol. The summed E-state index contributed by atoms with van der Waals surface area (Å²) in [5.41, 5.74) is 0. The van der Waals surface area contributed by atoms with Crippen molar-refractivity contribution in [2.24, 2.45) is 0 Å². The highest BCUT2D eigenvalue weighted by Gasteiger charge is 2.13. The lowest BCUT2D eigenvalue weighted by Gasteiger charge is -2.11. The highest BCUT2D eigenvalue weighted by Crippen LogP contribution is 1.80. The maximum atomic E-state index is 11.2. The summed E-state index contributed by atoms with van der Waals surface area (Å²) >= 11 is 0. The molecule has 0 aromatic rings. The van der Waals surface area contributed by atoms with Crippen LogP contribution in [0.1, 0.15) is 20.8 Å². The van der Waals surface area contributed by atoms with Crippen molar-refractivity contribution in [2.75, 3.05) is 13.1 Å². The van der Waals surface area contributed by atoms with E-state index in [9.17, 15) is 9.59 Å². The summed E-state index contributed by atoms with van der Waals surface area (Å²) in [6.07, 6.45) is 0. The number of carbonyl (C=O) groups excluding carboxylic acids is 2. The summed E-state index contributed by atoms with van der Waals surface area (Å²) in [7, 11) is 0. The predicted octanol–water partition coefficient (Wildman–Crippen LogP) is -0.170. The van der Waals surface area contributed by atoms with Gasteiger partial charge in [-0.25, -0.2) is 4.79 Å². The third-order valence-corrected chi connectivity index (χ3v) is 1.48. The Balaban J connectivity index is 3.78. The van der Waals surface area contributed by atoms with Gasteiger partial charge in [-0.3, -0.25) is 10.1 Å². The Labute approximate surface area is 78.3 Å². The second-order valence-corrected chi connectivity index (χ2v) is 2.63. The van der Waals surface area contributed by atoms with Crippen molar-refractivity contribution in [2.45, 2.75) is 26.8 Å². The number of likely N-dealkylation sites (N-methyl/N-ethyl adjacent to an activating group) is 1. The maximum Gasteiger partial charge on any atom is 0.321 e. The Bertz CT molecular complexity index is 182. The molecule has 13 heavy (non-hydrogen) atoms.